The van der Waals surface area contributed by atoms with E-state index in [4.69, 9.17) is 4.74 Å². The van der Waals surface area contributed by atoms with Gasteiger partial charge in [-0.1, -0.05) is 0 Å². The van der Waals surface area contributed by atoms with Crippen molar-refractivity contribution in [3.8, 4) is 0 Å². The zero-order valence-corrected chi connectivity index (χ0v) is 9.20. The van der Waals surface area contributed by atoms with Crippen LogP contribution < -0.4 is 5.32 Å². The maximum atomic E-state index is 5.49. The van der Waals surface area contributed by atoms with Crippen LogP contribution in [0.4, 0.5) is 0 Å². The summed E-state index contributed by atoms with van der Waals surface area (Å²) in [7, 11) is 1.78. The monoisotopic (exact) mass is 206 g/mol. The number of aliphatic imine (C=N–C) groups is 1. The smallest absolute Gasteiger partial charge is 0.102 e. The van der Waals surface area contributed by atoms with E-state index in [0.717, 1.165) is 24.8 Å². The molecule has 0 bridgehead atoms. The Bertz CT molecular complexity index is 324. The molecule has 1 spiro atoms. The predicted octanol–water partition coefficient (Wildman–Crippen LogP) is 1.36. The van der Waals surface area contributed by atoms with Crippen LogP contribution in [-0.4, -0.2) is 32.0 Å². The molecule has 3 rings (SSSR count). The summed E-state index contributed by atoms with van der Waals surface area (Å²) in [5.74, 6) is 2.27. The minimum absolute atomic E-state index is 0.266. The Morgan fingerprint density at radius 3 is 3.40 bits per heavy atom. The van der Waals surface area contributed by atoms with Gasteiger partial charge in [0, 0.05) is 18.3 Å². The summed E-state index contributed by atoms with van der Waals surface area (Å²) in [6.45, 7) is 2.12. The highest BCUT2D eigenvalue weighted by atomic mass is 16.5. The predicted molar refractivity (Wildman–Crippen MR) is 60.0 cm³/mol. The third kappa shape index (κ3) is 1.19. The van der Waals surface area contributed by atoms with E-state index in [1.807, 2.05) is 0 Å². The number of allylic oxidation sites excluding steroid dienone is 1. The fourth-order valence-electron chi connectivity index (χ4n) is 3.51. The second kappa shape index (κ2) is 3.34. The van der Waals surface area contributed by atoms with Gasteiger partial charge in [-0.2, -0.15) is 0 Å². The molecule has 0 saturated carbocycles. The van der Waals surface area contributed by atoms with Gasteiger partial charge in [0.1, 0.15) is 5.76 Å². The Morgan fingerprint density at radius 2 is 2.53 bits per heavy atom. The molecule has 2 aliphatic heterocycles. The lowest BCUT2D eigenvalue weighted by Gasteiger charge is -2.45. The summed E-state index contributed by atoms with van der Waals surface area (Å²) in [5, 5.41) is 3.73. The average Bonchev–Trinajstić information content (AvgIpc) is 2.69. The molecule has 1 saturated heterocycles. The number of hydrogen-bond acceptors (Lipinski definition) is 3. The van der Waals surface area contributed by atoms with E-state index in [1.54, 1.807) is 7.11 Å². The molecule has 15 heavy (non-hydrogen) atoms. The van der Waals surface area contributed by atoms with Crippen molar-refractivity contribution in [3.63, 3.8) is 0 Å². The number of nitrogens with one attached hydrogen (secondary N) is 1. The lowest BCUT2D eigenvalue weighted by molar-refractivity contribution is 0.141. The molecule has 3 aliphatic rings. The van der Waals surface area contributed by atoms with Crippen LogP contribution >= 0.6 is 0 Å². The van der Waals surface area contributed by atoms with Crippen LogP contribution in [0.1, 0.15) is 19.3 Å². The van der Waals surface area contributed by atoms with Gasteiger partial charge in [-0.25, -0.2) is 0 Å². The lowest BCUT2D eigenvalue weighted by atomic mass is 9.67. The lowest BCUT2D eigenvalue weighted by Crippen LogP contribution is -2.56. The SMILES string of the molecule is COC1=CCC2CCNC23CCN=CC13. The largest absolute Gasteiger partial charge is 0.501 e. The van der Waals surface area contributed by atoms with E-state index in [0.29, 0.717) is 5.92 Å². The second-order valence-corrected chi connectivity index (χ2v) is 4.78. The zero-order valence-electron chi connectivity index (χ0n) is 9.20. The van der Waals surface area contributed by atoms with Crippen molar-refractivity contribution in [1.82, 2.24) is 5.32 Å². The molecule has 3 heteroatoms. The van der Waals surface area contributed by atoms with Crippen LogP contribution in [0.25, 0.3) is 0 Å². The number of rotatable bonds is 1. The van der Waals surface area contributed by atoms with E-state index in [-0.39, 0.29) is 5.54 Å². The van der Waals surface area contributed by atoms with E-state index in [9.17, 15) is 0 Å². The Morgan fingerprint density at radius 1 is 1.60 bits per heavy atom. The second-order valence-electron chi connectivity index (χ2n) is 4.78. The van der Waals surface area contributed by atoms with Gasteiger partial charge < -0.3 is 10.1 Å². The molecule has 0 aromatic heterocycles. The maximum absolute atomic E-state index is 5.49. The van der Waals surface area contributed by atoms with Crippen LogP contribution in [0.2, 0.25) is 0 Å². The van der Waals surface area contributed by atoms with E-state index < -0.39 is 0 Å². The Hall–Kier alpha value is -0.830. The highest BCUT2D eigenvalue weighted by Crippen LogP contribution is 2.46. The van der Waals surface area contributed by atoms with Crippen molar-refractivity contribution in [1.29, 1.82) is 0 Å². The van der Waals surface area contributed by atoms with Crippen molar-refractivity contribution in [2.75, 3.05) is 20.2 Å². The third-order valence-corrected chi connectivity index (χ3v) is 4.29. The normalized spacial score (nSPS) is 43.1. The average molecular weight is 206 g/mol. The van der Waals surface area contributed by atoms with Crippen molar-refractivity contribution in [3.05, 3.63) is 11.8 Å². The summed E-state index contributed by atoms with van der Waals surface area (Å²) >= 11 is 0. The molecule has 3 unspecified atom stereocenters. The summed E-state index contributed by atoms with van der Waals surface area (Å²) in [5.41, 5.74) is 0.266. The van der Waals surface area contributed by atoms with Gasteiger partial charge in [-0.3, -0.25) is 4.99 Å². The molecular formula is C12H18N2O. The summed E-state index contributed by atoms with van der Waals surface area (Å²) < 4.78 is 5.49. The molecular weight excluding hydrogens is 188 g/mol. The molecule has 0 aromatic rings. The van der Waals surface area contributed by atoms with Gasteiger partial charge in [0.05, 0.1) is 13.0 Å². The Balaban J connectivity index is 2.02. The molecule has 0 aromatic carbocycles. The number of ether oxygens (including phenoxy) is 1. The topological polar surface area (TPSA) is 33.6 Å². The molecule has 0 radical (unpaired) electrons. The van der Waals surface area contributed by atoms with Gasteiger partial charge in [0.25, 0.3) is 0 Å². The first kappa shape index (κ1) is 9.40. The van der Waals surface area contributed by atoms with Crippen molar-refractivity contribution >= 4 is 6.21 Å². The van der Waals surface area contributed by atoms with Crippen molar-refractivity contribution in [2.45, 2.75) is 24.8 Å². The minimum atomic E-state index is 0.266. The van der Waals surface area contributed by atoms with E-state index in [2.05, 4.69) is 22.6 Å². The summed E-state index contributed by atoms with van der Waals surface area (Å²) in [6.07, 6.45) is 8.00. The van der Waals surface area contributed by atoms with Crippen LogP contribution in [-0.2, 0) is 4.74 Å². The number of nitrogens with zero attached hydrogens (tertiary/aromatic N) is 1. The molecule has 3 nitrogen and oxygen atoms in total. The summed E-state index contributed by atoms with van der Waals surface area (Å²) in [6, 6.07) is 0. The third-order valence-electron chi connectivity index (χ3n) is 4.29. The quantitative estimate of drug-likeness (QED) is 0.703. The van der Waals surface area contributed by atoms with E-state index >= 15 is 0 Å². The standard InChI is InChI=1S/C12H18N2O/c1-15-11-3-2-9-4-6-14-12(9)5-7-13-8-10(11)12/h3,8-10,14H,2,4-7H2,1H3. The molecule has 2 heterocycles. The van der Waals surface area contributed by atoms with Gasteiger partial charge >= 0.3 is 0 Å². The fraction of sp³-hybridized carbons (Fsp3) is 0.750. The first-order chi connectivity index (χ1) is 7.37. The number of hydrogen-bond donors (Lipinski definition) is 1. The first-order valence-corrected chi connectivity index (χ1v) is 5.86. The summed E-state index contributed by atoms with van der Waals surface area (Å²) in [4.78, 5) is 4.43. The van der Waals surface area contributed by atoms with Crippen molar-refractivity contribution in [2.24, 2.45) is 16.8 Å². The molecule has 1 N–H and O–H groups in total. The number of methoxy groups -OCH3 is 1. The molecule has 0 amide bonds. The molecule has 1 fully saturated rings. The Labute approximate surface area is 90.6 Å². The van der Waals surface area contributed by atoms with Crippen LogP contribution in [0.15, 0.2) is 16.8 Å². The van der Waals surface area contributed by atoms with E-state index in [1.165, 1.54) is 19.3 Å². The molecule has 3 atom stereocenters. The van der Waals surface area contributed by atoms with Gasteiger partial charge in [0.15, 0.2) is 0 Å². The fourth-order valence-corrected chi connectivity index (χ4v) is 3.51. The molecule has 82 valence electrons. The first-order valence-electron chi connectivity index (χ1n) is 5.86. The van der Waals surface area contributed by atoms with Crippen LogP contribution in [0, 0.1) is 11.8 Å². The Kier molecular flexibility index (Phi) is 2.09. The van der Waals surface area contributed by atoms with Crippen LogP contribution in [0.5, 0.6) is 0 Å². The maximum Gasteiger partial charge on any atom is 0.102 e. The zero-order chi connectivity index (χ0) is 10.3. The van der Waals surface area contributed by atoms with Gasteiger partial charge in [0.2, 0.25) is 0 Å². The van der Waals surface area contributed by atoms with Crippen molar-refractivity contribution < 1.29 is 4.74 Å². The van der Waals surface area contributed by atoms with Crippen LogP contribution in [0.3, 0.4) is 0 Å². The molecule has 1 aliphatic carbocycles. The highest BCUT2D eigenvalue weighted by Gasteiger charge is 2.51. The van der Waals surface area contributed by atoms with Gasteiger partial charge in [-0.15, -0.1) is 0 Å². The van der Waals surface area contributed by atoms with Gasteiger partial charge in [-0.05, 0) is 37.8 Å². The highest BCUT2D eigenvalue weighted by molar-refractivity contribution is 5.69. The minimum Gasteiger partial charge on any atom is -0.501 e.